The summed E-state index contributed by atoms with van der Waals surface area (Å²) in [5.41, 5.74) is 1.01. The van der Waals surface area contributed by atoms with Gasteiger partial charge in [0.1, 0.15) is 11.0 Å². The number of methoxy groups -OCH3 is 2. The van der Waals surface area contributed by atoms with Crippen molar-refractivity contribution in [1.82, 2.24) is 4.90 Å². The predicted molar refractivity (Wildman–Crippen MR) is 150 cm³/mol. The molecule has 2 fully saturated rings. The zero-order chi connectivity index (χ0) is 28.0. The number of hydrogen-bond donors (Lipinski definition) is 2. The molecule has 3 aromatic carbocycles. The first-order chi connectivity index (χ1) is 19.3. The van der Waals surface area contributed by atoms with E-state index >= 15 is 4.79 Å². The molecule has 40 heavy (non-hydrogen) atoms. The summed E-state index contributed by atoms with van der Waals surface area (Å²) in [7, 11) is 3.04. The molecule has 4 heterocycles. The van der Waals surface area contributed by atoms with Crippen molar-refractivity contribution in [3.05, 3.63) is 81.9 Å². The number of nitrogens with zero attached hydrogens (tertiary/aromatic N) is 1. The third-order valence-corrected chi connectivity index (χ3v) is 9.56. The number of nitrogens with one attached hydrogen (secondary N) is 2. The highest BCUT2D eigenvalue weighted by atomic mass is 35.5. The fourth-order valence-electron chi connectivity index (χ4n) is 7.89. The number of fused-ring (bicyclic) bond motifs is 7. The predicted octanol–water partition coefficient (Wildman–Crippen LogP) is 4.68. The Morgan fingerprint density at radius 2 is 1.75 bits per heavy atom. The van der Waals surface area contributed by atoms with Gasteiger partial charge in [0, 0.05) is 22.9 Å². The van der Waals surface area contributed by atoms with Crippen LogP contribution in [-0.4, -0.2) is 49.3 Å². The Kier molecular flexibility index (Phi) is 5.37. The summed E-state index contributed by atoms with van der Waals surface area (Å²) in [5, 5.41) is 6.49. The molecule has 3 aromatic rings. The third kappa shape index (κ3) is 2.87. The fourth-order valence-corrected chi connectivity index (χ4v) is 8.21. The lowest BCUT2D eigenvalue weighted by Crippen LogP contribution is -2.55. The summed E-state index contributed by atoms with van der Waals surface area (Å²) < 4.78 is 10.9. The zero-order valence-corrected chi connectivity index (χ0v) is 23.1. The van der Waals surface area contributed by atoms with Gasteiger partial charge in [-0.3, -0.25) is 19.3 Å². The van der Waals surface area contributed by atoms with Crippen molar-refractivity contribution >= 4 is 40.6 Å². The number of carbonyl (C=O) groups is 3. The Labute approximate surface area is 236 Å². The number of halogens is 1. The van der Waals surface area contributed by atoms with Crippen LogP contribution in [0.5, 0.6) is 11.5 Å². The number of aryl methyl sites for hydroxylation is 1. The molecule has 8 nitrogen and oxygen atoms in total. The highest BCUT2D eigenvalue weighted by Gasteiger charge is 2.79. The third-order valence-electron chi connectivity index (χ3n) is 9.26. The highest BCUT2D eigenvalue weighted by molar-refractivity contribution is 6.35. The minimum atomic E-state index is -1.44. The van der Waals surface area contributed by atoms with Gasteiger partial charge in [-0.05, 0) is 67.8 Å². The second-order valence-corrected chi connectivity index (χ2v) is 11.4. The molecular formula is C31H28ClN3O5. The van der Waals surface area contributed by atoms with Gasteiger partial charge in [0.25, 0.3) is 0 Å². The summed E-state index contributed by atoms with van der Waals surface area (Å²) in [4.78, 5) is 46.0. The minimum Gasteiger partial charge on any atom is -0.493 e. The number of para-hydroxylation sites is 1. The lowest BCUT2D eigenvalue weighted by Gasteiger charge is -2.38. The molecule has 0 unspecified atom stereocenters. The lowest BCUT2D eigenvalue weighted by atomic mass is 9.60. The van der Waals surface area contributed by atoms with E-state index in [0.717, 1.165) is 17.5 Å². The van der Waals surface area contributed by atoms with Crippen molar-refractivity contribution in [3.63, 3.8) is 0 Å². The summed E-state index contributed by atoms with van der Waals surface area (Å²) in [5.74, 6) is -1.13. The van der Waals surface area contributed by atoms with Crippen LogP contribution >= 0.6 is 11.6 Å². The standard InChI is InChI=1S/C31H28ClN3O5/c1-16-13-19-25(20(32)14-16)34-29(38)31(19)27(26(36)17-10-11-22(39-2)23(15-17)40-3)30(24-9-6-12-35(24)31)18-7-4-5-8-21(18)33-28(30)37/h4-5,7-8,10-11,13-15,24,27H,6,9,12H2,1-3H3,(H,33,37)(H,34,38)/t24-,27+,30+,31+/m1/s1. The Morgan fingerprint density at radius 3 is 2.52 bits per heavy atom. The maximum atomic E-state index is 15.0. The van der Waals surface area contributed by atoms with E-state index < -0.39 is 16.9 Å². The van der Waals surface area contributed by atoms with E-state index in [9.17, 15) is 9.59 Å². The fraction of sp³-hybridized carbons (Fsp3) is 0.323. The van der Waals surface area contributed by atoms with Gasteiger partial charge in [0.05, 0.1) is 30.8 Å². The molecule has 0 aliphatic carbocycles. The molecule has 2 spiro atoms. The van der Waals surface area contributed by atoms with Gasteiger partial charge in [-0.2, -0.15) is 0 Å². The zero-order valence-electron chi connectivity index (χ0n) is 22.3. The Balaban J connectivity index is 1.57. The molecule has 0 saturated carbocycles. The molecule has 4 aliphatic rings. The SMILES string of the molecule is COc1ccc(C(=O)[C@H]2[C@@]3(C(=O)Nc4ccccc43)[C@H]3CCCN3[C@]23C(=O)Nc2c(Cl)cc(C)cc23)cc1OC. The number of ether oxygens (including phenoxy) is 2. The van der Waals surface area contributed by atoms with Crippen LogP contribution in [0.2, 0.25) is 5.02 Å². The second kappa shape index (κ2) is 8.56. The lowest BCUT2D eigenvalue weighted by molar-refractivity contribution is -0.128. The number of anilines is 2. The van der Waals surface area contributed by atoms with Crippen LogP contribution in [0.4, 0.5) is 11.4 Å². The van der Waals surface area contributed by atoms with E-state index in [2.05, 4.69) is 15.5 Å². The second-order valence-electron chi connectivity index (χ2n) is 11.0. The first-order valence-electron chi connectivity index (χ1n) is 13.4. The number of hydrogen-bond acceptors (Lipinski definition) is 6. The van der Waals surface area contributed by atoms with E-state index in [4.69, 9.17) is 21.1 Å². The van der Waals surface area contributed by atoms with Crippen molar-refractivity contribution in [2.75, 3.05) is 31.4 Å². The van der Waals surface area contributed by atoms with Gasteiger partial charge >= 0.3 is 0 Å². The van der Waals surface area contributed by atoms with Crippen LogP contribution in [-0.2, 0) is 20.5 Å². The van der Waals surface area contributed by atoms with Gasteiger partial charge in [-0.25, -0.2) is 0 Å². The average Bonchev–Trinajstić information content (AvgIpc) is 3.67. The number of ketones is 1. The van der Waals surface area contributed by atoms with Gasteiger partial charge in [0.2, 0.25) is 11.8 Å². The van der Waals surface area contributed by atoms with Gasteiger partial charge in [-0.1, -0.05) is 35.9 Å². The number of amides is 2. The summed E-state index contributed by atoms with van der Waals surface area (Å²) in [6.45, 7) is 2.48. The normalized spacial score (nSPS) is 27.9. The van der Waals surface area contributed by atoms with Crippen LogP contribution in [0.1, 0.15) is 39.9 Å². The Bertz CT molecular complexity index is 1640. The van der Waals surface area contributed by atoms with Crippen LogP contribution in [0.25, 0.3) is 0 Å². The quantitative estimate of drug-likeness (QED) is 0.452. The van der Waals surface area contributed by atoms with Crippen molar-refractivity contribution in [2.24, 2.45) is 5.92 Å². The molecule has 4 atom stereocenters. The van der Waals surface area contributed by atoms with Gasteiger partial charge < -0.3 is 20.1 Å². The highest BCUT2D eigenvalue weighted by Crippen LogP contribution is 2.66. The monoisotopic (exact) mass is 557 g/mol. The molecule has 7 rings (SSSR count). The van der Waals surface area contributed by atoms with Crippen LogP contribution in [0, 0.1) is 12.8 Å². The number of rotatable bonds is 4. The number of benzene rings is 3. The number of carbonyl (C=O) groups excluding carboxylic acids is 3. The molecule has 0 aromatic heterocycles. The maximum Gasteiger partial charge on any atom is 0.250 e. The van der Waals surface area contributed by atoms with E-state index in [-0.39, 0.29) is 23.6 Å². The van der Waals surface area contributed by atoms with Crippen molar-refractivity contribution in [3.8, 4) is 11.5 Å². The Hall–Kier alpha value is -3.88. The summed E-state index contributed by atoms with van der Waals surface area (Å²) in [6, 6.07) is 15.8. The van der Waals surface area contributed by atoms with Gasteiger partial charge in [-0.15, -0.1) is 0 Å². The summed E-state index contributed by atoms with van der Waals surface area (Å²) >= 11 is 6.70. The van der Waals surface area contributed by atoms with Crippen molar-refractivity contribution in [2.45, 2.75) is 36.8 Å². The molecular weight excluding hydrogens is 530 g/mol. The molecule has 2 amide bonds. The van der Waals surface area contributed by atoms with Crippen LogP contribution in [0.15, 0.2) is 54.6 Å². The topological polar surface area (TPSA) is 97.0 Å². The summed E-state index contributed by atoms with van der Waals surface area (Å²) in [6.07, 6.45) is 1.46. The largest absolute Gasteiger partial charge is 0.493 e. The smallest absolute Gasteiger partial charge is 0.250 e. The average molecular weight is 558 g/mol. The van der Waals surface area contributed by atoms with E-state index in [1.807, 2.05) is 37.3 Å². The van der Waals surface area contributed by atoms with E-state index in [1.54, 1.807) is 24.3 Å². The molecule has 4 aliphatic heterocycles. The first kappa shape index (κ1) is 25.1. The van der Waals surface area contributed by atoms with Gasteiger partial charge in [0.15, 0.2) is 17.3 Å². The number of Topliss-reactive ketones (excluding diaryl/α,β-unsaturated/α-hetero) is 1. The molecule has 0 bridgehead atoms. The molecule has 2 saturated heterocycles. The Morgan fingerprint density at radius 1 is 0.975 bits per heavy atom. The van der Waals surface area contributed by atoms with Crippen molar-refractivity contribution in [1.29, 1.82) is 0 Å². The maximum absolute atomic E-state index is 15.0. The van der Waals surface area contributed by atoms with Crippen LogP contribution < -0.4 is 20.1 Å². The van der Waals surface area contributed by atoms with Crippen LogP contribution in [0.3, 0.4) is 0 Å². The molecule has 0 radical (unpaired) electrons. The first-order valence-corrected chi connectivity index (χ1v) is 13.7. The van der Waals surface area contributed by atoms with E-state index in [0.29, 0.717) is 52.0 Å². The van der Waals surface area contributed by atoms with E-state index in [1.165, 1.54) is 14.2 Å². The minimum absolute atomic E-state index is 0.263. The molecule has 204 valence electrons. The molecule has 2 N–H and O–H groups in total. The molecule has 9 heteroatoms. The van der Waals surface area contributed by atoms with Crippen molar-refractivity contribution < 1.29 is 23.9 Å².